The Kier molecular flexibility index (Phi) is 5.22. The van der Waals surface area contributed by atoms with Gasteiger partial charge in [-0.15, -0.1) is 0 Å². The molecule has 0 atom stereocenters. The van der Waals surface area contributed by atoms with E-state index in [4.69, 9.17) is 0 Å². The number of hydrogen-bond acceptors (Lipinski definition) is 3. The third-order valence-electron chi connectivity index (χ3n) is 4.74. The maximum absolute atomic E-state index is 12.2. The van der Waals surface area contributed by atoms with E-state index in [9.17, 15) is 9.90 Å². The number of rotatable bonds is 3. The first-order chi connectivity index (χ1) is 9.09. The molecule has 2 rings (SSSR count). The van der Waals surface area contributed by atoms with Crippen molar-refractivity contribution in [2.75, 3.05) is 26.7 Å². The van der Waals surface area contributed by atoms with Gasteiger partial charge in [-0.25, -0.2) is 0 Å². The van der Waals surface area contributed by atoms with Crippen molar-refractivity contribution in [1.82, 2.24) is 10.2 Å². The molecule has 2 fully saturated rings. The maximum atomic E-state index is 12.2. The van der Waals surface area contributed by atoms with Gasteiger partial charge in [0.25, 0.3) is 0 Å². The Morgan fingerprint density at radius 3 is 2.37 bits per heavy atom. The Hall–Kier alpha value is -0.610. The number of nitrogens with one attached hydrogen (secondary N) is 1. The highest BCUT2D eigenvalue weighted by Gasteiger charge is 2.32. The van der Waals surface area contributed by atoms with Crippen molar-refractivity contribution in [2.45, 2.75) is 57.0 Å². The van der Waals surface area contributed by atoms with E-state index in [1.807, 2.05) is 0 Å². The first-order valence-electron chi connectivity index (χ1n) is 7.78. The molecular weight excluding hydrogens is 240 g/mol. The molecule has 1 aliphatic heterocycles. The van der Waals surface area contributed by atoms with Gasteiger partial charge in [0.15, 0.2) is 0 Å². The lowest BCUT2D eigenvalue weighted by molar-refractivity contribution is -0.127. The van der Waals surface area contributed by atoms with E-state index < -0.39 is 5.60 Å². The van der Waals surface area contributed by atoms with E-state index >= 15 is 0 Å². The summed E-state index contributed by atoms with van der Waals surface area (Å²) in [6.07, 6.45) is 8.43. The Morgan fingerprint density at radius 2 is 1.79 bits per heavy atom. The van der Waals surface area contributed by atoms with Gasteiger partial charge in [0, 0.05) is 25.6 Å². The first-order valence-corrected chi connectivity index (χ1v) is 7.78. The van der Waals surface area contributed by atoms with Crippen molar-refractivity contribution in [3.8, 4) is 0 Å². The highest BCUT2D eigenvalue weighted by molar-refractivity contribution is 5.78. The summed E-state index contributed by atoms with van der Waals surface area (Å²) in [6, 6.07) is 0. The SMILES string of the molecule is CN1CCC(O)(CNC(=O)C2CCCCCC2)CC1. The van der Waals surface area contributed by atoms with Crippen LogP contribution in [-0.2, 0) is 4.79 Å². The summed E-state index contributed by atoms with van der Waals surface area (Å²) in [6.45, 7) is 2.25. The fourth-order valence-electron chi connectivity index (χ4n) is 3.15. The van der Waals surface area contributed by atoms with E-state index in [1.54, 1.807) is 0 Å². The molecule has 2 aliphatic rings. The summed E-state index contributed by atoms with van der Waals surface area (Å²) >= 11 is 0. The third kappa shape index (κ3) is 4.46. The van der Waals surface area contributed by atoms with Gasteiger partial charge >= 0.3 is 0 Å². The smallest absolute Gasteiger partial charge is 0.223 e. The second-order valence-corrected chi connectivity index (χ2v) is 6.43. The zero-order chi connectivity index (χ0) is 13.7. The van der Waals surface area contributed by atoms with Crippen molar-refractivity contribution >= 4 is 5.91 Å². The number of hydrogen-bond donors (Lipinski definition) is 2. The van der Waals surface area contributed by atoms with Gasteiger partial charge < -0.3 is 15.3 Å². The average molecular weight is 268 g/mol. The molecular formula is C15H28N2O2. The predicted octanol–water partition coefficient (Wildman–Crippen LogP) is 1.53. The van der Waals surface area contributed by atoms with E-state index in [0.29, 0.717) is 6.54 Å². The van der Waals surface area contributed by atoms with Crippen LogP contribution in [0, 0.1) is 5.92 Å². The van der Waals surface area contributed by atoms with Crippen LogP contribution in [-0.4, -0.2) is 48.2 Å². The van der Waals surface area contributed by atoms with E-state index in [-0.39, 0.29) is 11.8 Å². The minimum absolute atomic E-state index is 0.161. The maximum Gasteiger partial charge on any atom is 0.223 e. The molecule has 1 saturated carbocycles. The van der Waals surface area contributed by atoms with E-state index in [1.165, 1.54) is 25.7 Å². The van der Waals surface area contributed by atoms with Crippen molar-refractivity contribution in [1.29, 1.82) is 0 Å². The predicted molar refractivity (Wildman–Crippen MR) is 75.9 cm³/mol. The zero-order valence-electron chi connectivity index (χ0n) is 12.2. The molecule has 0 spiro atoms. The van der Waals surface area contributed by atoms with Crippen LogP contribution >= 0.6 is 0 Å². The van der Waals surface area contributed by atoms with Crippen LogP contribution in [0.25, 0.3) is 0 Å². The number of likely N-dealkylation sites (tertiary alicyclic amines) is 1. The van der Waals surface area contributed by atoms with Crippen molar-refractivity contribution in [3.63, 3.8) is 0 Å². The molecule has 0 aromatic rings. The summed E-state index contributed by atoms with van der Waals surface area (Å²) < 4.78 is 0. The number of aliphatic hydroxyl groups is 1. The monoisotopic (exact) mass is 268 g/mol. The number of nitrogens with zero attached hydrogens (tertiary/aromatic N) is 1. The molecule has 0 aromatic heterocycles. The van der Waals surface area contributed by atoms with Gasteiger partial charge in [0.05, 0.1) is 5.60 Å². The Balaban J connectivity index is 1.76. The van der Waals surface area contributed by atoms with E-state index in [2.05, 4.69) is 17.3 Å². The normalized spacial score (nSPS) is 25.8. The summed E-state index contributed by atoms with van der Waals surface area (Å²) in [7, 11) is 2.07. The van der Waals surface area contributed by atoms with Crippen LogP contribution in [0.2, 0.25) is 0 Å². The van der Waals surface area contributed by atoms with Gasteiger partial charge in [-0.1, -0.05) is 25.7 Å². The van der Waals surface area contributed by atoms with Crippen LogP contribution in [0.5, 0.6) is 0 Å². The molecule has 1 amide bonds. The summed E-state index contributed by atoms with van der Waals surface area (Å²) in [5.74, 6) is 0.339. The number of carbonyl (C=O) groups is 1. The molecule has 110 valence electrons. The van der Waals surface area contributed by atoms with Gasteiger partial charge in [-0.3, -0.25) is 4.79 Å². The van der Waals surface area contributed by atoms with Crippen LogP contribution in [0.1, 0.15) is 51.4 Å². The standard InChI is InChI=1S/C15H28N2O2/c1-17-10-8-15(19,9-11-17)12-16-14(18)13-6-4-2-3-5-7-13/h13,19H,2-12H2,1H3,(H,16,18). The molecule has 0 aromatic carbocycles. The highest BCUT2D eigenvalue weighted by Crippen LogP contribution is 2.24. The Morgan fingerprint density at radius 1 is 1.21 bits per heavy atom. The minimum Gasteiger partial charge on any atom is -0.388 e. The second-order valence-electron chi connectivity index (χ2n) is 6.43. The molecule has 0 unspecified atom stereocenters. The molecule has 0 bridgehead atoms. The topological polar surface area (TPSA) is 52.6 Å². The fourth-order valence-corrected chi connectivity index (χ4v) is 3.15. The van der Waals surface area contributed by atoms with Crippen molar-refractivity contribution in [2.24, 2.45) is 5.92 Å². The van der Waals surface area contributed by atoms with E-state index in [0.717, 1.165) is 38.8 Å². The number of carbonyl (C=O) groups excluding carboxylic acids is 1. The number of amides is 1. The average Bonchev–Trinajstić information content (AvgIpc) is 2.69. The molecule has 4 nitrogen and oxygen atoms in total. The van der Waals surface area contributed by atoms with Crippen LogP contribution in [0.15, 0.2) is 0 Å². The molecule has 1 saturated heterocycles. The van der Waals surface area contributed by atoms with Crippen LogP contribution in [0.3, 0.4) is 0 Å². The van der Waals surface area contributed by atoms with Crippen molar-refractivity contribution < 1.29 is 9.90 Å². The summed E-state index contributed by atoms with van der Waals surface area (Å²) in [5.41, 5.74) is -0.688. The molecule has 1 aliphatic carbocycles. The lowest BCUT2D eigenvalue weighted by Crippen LogP contribution is -2.50. The second kappa shape index (κ2) is 6.71. The molecule has 2 N–H and O–H groups in total. The van der Waals surface area contributed by atoms with Crippen LogP contribution in [0.4, 0.5) is 0 Å². The van der Waals surface area contributed by atoms with Gasteiger partial charge in [-0.05, 0) is 32.7 Å². The largest absolute Gasteiger partial charge is 0.388 e. The molecule has 0 radical (unpaired) electrons. The quantitative estimate of drug-likeness (QED) is 0.763. The minimum atomic E-state index is -0.688. The fraction of sp³-hybridized carbons (Fsp3) is 0.933. The lowest BCUT2D eigenvalue weighted by Gasteiger charge is -2.36. The first kappa shape index (κ1) is 14.8. The third-order valence-corrected chi connectivity index (χ3v) is 4.74. The van der Waals surface area contributed by atoms with Gasteiger partial charge in [0.1, 0.15) is 0 Å². The van der Waals surface area contributed by atoms with Crippen molar-refractivity contribution in [3.05, 3.63) is 0 Å². The Labute approximate surface area is 116 Å². The molecule has 4 heteroatoms. The van der Waals surface area contributed by atoms with Crippen LogP contribution < -0.4 is 5.32 Å². The van der Waals surface area contributed by atoms with Gasteiger partial charge in [-0.2, -0.15) is 0 Å². The summed E-state index contributed by atoms with van der Waals surface area (Å²) in [4.78, 5) is 14.4. The number of piperidine rings is 1. The van der Waals surface area contributed by atoms with Gasteiger partial charge in [0.2, 0.25) is 5.91 Å². The Bertz CT molecular complexity index is 291. The zero-order valence-corrected chi connectivity index (χ0v) is 12.2. The molecule has 1 heterocycles. The summed E-state index contributed by atoms with van der Waals surface area (Å²) in [5, 5.41) is 13.4. The highest BCUT2D eigenvalue weighted by atomic mass is 16.3. The molecule has 19 heavy (non-hydrogen) atoms. The lowest BCUT2D eigenvalue weighted by atomic mass is 9.91.